The van der Waals surface area contributed by atoms with Crippen LogP contribution in [0.2, 0.25) is 0 Å². The minimum Gasteiger partial charge on any atom is -0.376 e. The molecular formula is C10H15BrN4O. The van der Waals surface area contributed by atoms with Gasteiger partial charge in [0.05, 0.1) is 10.6 Å². The Balaban J connectivity index is 1.96. The van der Waals surface area contributed by atoms with Crippen molar-refractivity contribution in [2.45, 2.75) is 18.9 Å². The van der Waals surface area contributed by atoms with E-state index in [0.29, 0.717) is 12.1 Å². The molecule has 1 aliphatic rings. The predicted molar refractivity (Wildman–Crippen MR) is 66.7 cm³/mol. The Morgan fingerprint density at radius 1 is 1.62 bits per heavy atom. The van der Waals surface area contributed by atoms with Crippen LogP contribution in [0.4, 0.5) is 11.8 Å². The molecule has 0 aromatic carbocycles. The van der Waals surface area contributed by atoms with Gasteiger partial charge in [-0.2, -0.15) is 4.98 Å². The second-order valence-corrected chi connectivity index (χ2v) is 4.51. The summed E-state index contributed by atoms with van der Waals surface area (Å²) >= 11 is 3.41. The normalized spacial score (nSPS) is 19.8. The van der Waals surface area contributed by atoms with Crippen molar-refractivity contribution in [2.75, 3.05) is 30.8 Å². The Hall–Kier alpha value is -0.880. The van der Waals surface area contributed by atoms with Gasteiger partial charge in [0, 0.05) is 26.4 Å². The van der Waals surface area contributed by atoms with Gasteiger partial charge in [0.25, 0.3) is 0 Å². The second-order valence-electron chi connectivity index (χ2n) is 3.66. The maximum absolute atomic E-state index is 5.53. The number of anilines is 2. The third kappa shape index (κ3) is 2.82. The molecule has 0 amide bonds. The van der Waals surface area contributed by atoms with E-state index < -0.39 is 0 Å². The summed E-state index contributed by atoms with van der Waals surface area (Å²) in [4.78, 5) is 8.41. The van der Waals surface area contributed by atoms with Gasteiger partial charge in [-0.25, -0.2) is 4.98 Å². The Morgan fingerprint density at radius 3 is 3.19 bits per heavy atom. The van der Waals surface area contributed by atoms with Crippen molar-refractivity contribution in [3.05, 3.63) is 10.7 Å². The average Bonchev–Trinajstić information content (AvgIpc) is 2.81. The first-order valence-electron chi connectivity index (χ1n) is 5.35. The molecule has 0 spiro atoms. The number of rotatable bonds is 4. The SMILES string of the molecule is CNc1ncc(Br)c(NCC2CCCO2)n1. The van der Waals surface area contributed by atoms with Crippen LogP contribution >= 0.6 is 15.9 Å². The topological polar surface area (TPSA) is 59.1 Å². The zero-order valence-corrected chi connectivity index (χ0v) is 10.7. The van der Waals surface area contributed by atoms with Crippen LogP contribution in [-0.4, -0.2) is 36.3 Å². The molecule has 2 N–H and O–H groups in total. The van der Waals surface area contributed by atoms with E-state index in [-0.39, 0.29) is 0 Å². The van der Waals surface area contributed by atoms with Crippen molar-refractivity contribution in [1.29, 1.82) is 0 Å². The molecule has 2 rings (SSSR count). The quantitative estimate of drug-likeness (QED) is 0.885. The summed E-state index contributed by atoms with van der Waals surface area (Å²) in [5, 5.41) is 6.17. The van der Waals surface area contributed by atoms with Gasteiger partial charge in [0.1, 0.15) is 5.82 Å². The number of halogens is 1. The number of ether oxygens (including phenoxy) is 1. The third-order valence-electron chi connectivity index (χ3n) is 2.49. The fourth-order valence-corrected chi connectivity index (χ4v) is 1.96. The Morgan fingerprint density at radius 2 is 2.50 bits per heavy atom. The summed E-state index contributed by atoms with van der Waals surface area (Å²) in [7, 11) is 1.80. The smallest absolute Gasteiger partial charge is 0.224 e. The highest BCUT2D eigenvalue weighted by Gasteiger charge is 2.15. The van der Waals surface area contributed by atoms with E-state index in [1.165, 1.54) is 0 Å². The number of aromatic nitrogens is 2. The van der Waals surface area contributed by atoms with Crippen molar-refractivity contribution in [1.82, 2.24) is 9.97 Å². The summed E-state index contributed by atoms with van der Waals surface area (Å²) in [6.45, 7) is 1.66. The Kier molecular flexibility index (Phi) is 3.95. The van der Waals surface area contributed by atoms with Gasteiger partial charge >= 0.3 is 0 Å². The van der Waals surface area contributed by atoms with Crippen LogP contribution in [0.3, 0.4) is 0 Å². The first-order valence-corrected chi connectivity index (χ1v) is 6.14. The molecule has 5 nitrogen and oxygen atoms in total. The van der Waals surface area contributed by atoms with E-state index in [0.717, 1.165) is 36.3 Å². The highest BCUT2D eigenvalue weighted by Crippen LogP contribution is 2.21. The number of nitrogens with zero attached hydrogens (tertiary/aromatic N) is 2. The third-order valence-corrected chi connectivity index (χ3v) is 3.07. The number of hydrogen-bond acceptors (Lipinski definition) is 5. The molecule has 2 heterocycles. The van der Waals surface area contributed by atoms with E-state index in [4.69, 9.17) is 4.74 Å². The summed E-state index contributed by atoms with van der Waals surface area (Å²) in [5.41, 5.74) is 0. The van der Waals surface area contributed by atoms with E-state index in [9.17, 15) is 0 Å². The van der Waals surface area contributed by atoms with Crippen LogP contribution in [0.15, 0.2) is 10.7 Å². The van der Waals surface area contributed by atoms with E-state index >= 15 is 0 Å². The van der Waals surface area contributed by atoms with Gasteiger partial charge < -0.3 is 15.4 Å². The molecule has 1 aliphatic heterocycles. The molecule has 1 saturated heterocycles. The molecule has 1 aromatic heterocycles. The van der Waals surface area contributed by atoms with E-state index in [1.54, 1.807) is 13.2 Å². The first kappa shape index (κ1) is 11.6. The Labute approximate surface area is 103 Å². The molecule has 1 fully saturated rings. The number of hydrogen-bond donors (Lipinski definition) is 2. The maximum atomic E-state index is 5.53. The second kappa shape index (κ2) is 5.45. The molecule has 1 atom stereocenters. The van der Waals surface area contributed by atoms with Crippen LogP contribution in [0.1, 0.15) is 12.8 Å². The summed E-state index contributed by atoms with van der Waals surface area (Å²) in [6.07, 6.45) is 4.31. The Bertz CT molecular complexity index is 355. The lowest BCUT2D eigenvalue weighted by atomic mass is 10.2. The van der Waals surface area contributed by atoms with Crippen LogP contribution in [-0.2, 0) is 4.74 Å². The standard InChI is InChI=1S/C10H15BrN4O/c1-12-10-14-6-8(11)9(15-10)13-5-7-3-2-4-16-7/h6-7H,2-5H2,1H3,(H2,12,13,14,15). The van der Waals surface area contributed by atoms with Crippen molar-refractivity contribution in [3.63, 3.8) is 0 Å². The van der Waals surface area contributed by atoms with E-state index in [1.807, 2.05) is 0 Å². The zero-order chi connectivity index (χ0) is 11.4. The van der Waals surface area contributed by atoms with Gasteiger partial charge in [-0.05, 0) is 28.8 Å². The average molecular weight is 287 g/mol. The van der Waals surface area contributed by atoms with Crippen molar-refractivity contribution in [2.24, 2.45) is 0 Å². The van der Waals surface area contributed by atoms with E-state index in [2.05, 4.69) is 36.5 Å². The fraction of sp³-hybridized carbons (Fsp3) is 0.600. The molecule has 6 heteroatoms. The summed E-state index contributed by atoms with van der Waals surface area (Å²) in [6, 6.07) is 0. The summed E-state index contributed by atoms with van der Waals surface area (Å²) < 4.78 is 6.40. The molecule has 88 valence electrons. The van der Waals surface area contributed by atoms with Crippen LogP contribution < -0.4 is 10.6 Å². The van der Waals surface area contributed by atoms with Gasteiger partial charge in [0.2, 0.25) is 5.95 Å². The van der Waals surface area contributed by atoms with Crippen LogP contribution in [0.25, 0.3) is 0 Å². The molecule has 1 unspecified atom stereocenters. The molecule has 16 heavy (non-hydrogen) atoms. The fourth-order valence-electron chi connectivity index (χ4n) is 1.63. The number of nitrogens with one attached hydrogen (secondary N) is 2. The highest BCUT2D eigenvalue weighted by atomic mass is 79.9. The molecule has 0 saturated carbocycles. The molecule has 1 aromatic rings. The van der Waals surface area contributed by atoms with Crippen molar-refractivity contribution in [3.8, 4) is 0 Å². The van der Waals surface area contributed by atoms with Gasteiger partial charge in [0.15, 0.2) is 0 Å². The van der Waals surface area contributed by atoms with Crippen molar-refractivity contribution >= 4 is 27.7 Å². The monoisotopic (exact) mass is 286 g/mol. The lowest BCUT2D eigenvalue weighted by Crippen LogP contribution is -2.19. The zero-order valence-electron chi connectivity index (χ0n) is 9.16. The molecular weight excluding hydrogens is 272 g/mol. The predicted octanol–water partition coefficient (Wildman–Crippen LogP) is 1.87. The molecule has 0 aliphatic carbocycles. The van der Waals surface area contributed by atoms with Crippen LogP contribution in [0, 0.1) is 0 Å². The molecule has 0 radical (unpaired) electrons. The maximum Gasteiger partial charge on any atom is 0.224 e. The molecule has 0 bridgehead atoms. The minimum absolute atomic E-state index is 0.305. The summed E-state index contributed by atoms with van der Waals surface area (Å²) in [5.74, 6) is 1.41. The highest BCUT2D eigenvalue weighted by molar-refractivity contribution is 9.10. The van der Waals surface area contributed by atoms with Gasteiger partial charge in [-0.15, -0.1) is 0 Å². The van der Waals surface area contributed by atoms with Crippen molar-refractivity contribution < 1.29 is 4.74 Å². The first-order chi connectivity index (χ1) is 7.79. The lowest BCUT2D eigenvalue weighted by Gasteiger charge is -2.12. The van der Waals surface area contributed by atoms with Gasteiger partial charge in [-0.1, -0.05) is 0 Å². The van der Waals surface area contributed by atoms with Crippen LogP contribution in [0.5, 0.6) is 0 Å². The minimum atomic E-state index is 0.305. The van der Waals surface area contributed by atoms with Gasteiger partial charge in [-0.3, -0.25) is 0 Å². The largest absolute Gasteiger partial charge is 0.376 e. The lowest BCUT2D eigenvalue weighted by molar-refractivity contribution is 0.120.